The first kappa shape index (κ1) is 12.8. The molecule has 1 rings (SSSR count). The lowest BCUT2D eigenvalue weighted by Crippen LogP contribution is -2.52. The van der Waals surface area contributed by atoms with E-state index in [0.717, 1.165) is 4.74 Å². The van der Waals surface area contributed by atoms with E-state index in [4.69, 9.17) is 5.73 Å². The van der Waals surface area contributed by atoms with E-state index < -0.39 is 11.2 Å². The lowest BCUT2D eigenvalue weighted by atomic mass is 9.96. The summed E-state index contributed by atoms with van der Waals surface area (Å²) in [4.78, 5) is 6.58. The van der Waals surface area contributed by atoms with Gasteiger partial charge in [0.1, 0.15) is 12.6 Å². The fourth-order valence-electron chi connectivity index (χ4n) is 2.06. The monoisotopic (exact) mass is 228 g/mol. The van der Waals surface area contributed by atoms with Crippen molar-refractivity contribution in [2.45, 2.75) is 38.9 Å². The van der Waals surface area contributed by atoms with Gasteiger partial charge in [0.25, 0.3) is 5.71 Å². The molecular weight excluding hydrogens is 208 g/mol. The fourth-order valence-corrected chi connectivity index (χ4v) is 2.06. The Labute approximate surface area is 95.9 Å². The summed E-state index contributed by atoms with van der Waals surface area (Å²) in [6, 6.07) is 0. The van der Waals surface area contributed by atoms with Gasteiger partial charge in [0.15, 0.2) is 0 Å². The molecule has 0 aliphatic carbocycles. The number of hydrogen-bond donors (Lipinski definition) is 1. The first-order chi connectivity index (χ1) is 7.17. The van der Waals surface area contributed by atoms with E-state index >= 15 is 0 Å². The smallest absolute Gasteiger partial charge is 0.254 e. The standard InChI is InChI=1S/C10H20N4O2/c1-9(2)7(8(11)12-16-6)14(15)10(3,4)13(9)5/h1-6H3,(H2,11,12). The summed E-state index contributed by atoms with van der Waals surface area (Å²) in [5.41, 5.74) is 5.07. The maximum Gasteiger partial charge on any atom is 0.254 e. The predicted octanol–water partition coefficient (Wildman–Crippen LogP) is 0.316. The molecule has 0 fully saturated rings. The number of amidine groups is 1. The topological polar surface area (TPSA) is 76.9 Å². The van der Waals surface area contributed by atoms with Gasteiger partial charge in [-0.25, -0.2) is 4.90 Å². The van der Waals surface area contributed by atoms with Crippen LogP contribution in [-0.4, -0.2) is 46.5 Å². The first-order valence-electron chi connectivity index (χ1n) is 5.13. The van der Waals surface area contributed by atoms with Gasteiger partial charge in [0.05, 0.1) is 0 Å². The summed E-state index contributed by atoms with van der Waals surface area (Å²) in [5.74, 6) is 0.125. The number of rotatable bonds is 2. The Kier molecular flexibility index (Phi) is 2.89. The van der Waals surface area contributed by atoms with Gasteiger partial charge in [-0.05, 0) is 20.9 Å². The van der Waals surface area contributed by atoms with E-state index in [0.29, 0.717) is 5.71 Å². The fraction of sp³-hybridized carbons (Fsp3) is 0.800. The SMILES string of the molecule is CO/N=C(\N)C1=[N+]([O-])C(C)(C)N(C)C1(C)C. The zero-order valence-corrected chi connectivity index (χ0v) is 10.7. The quantitative estimate of drug-likeness (QED) is 0.243. The van der Waals surface area contributed by atoms with E-state index in [1.165, 1.54) is 7.11 Å². The number of hydroxylamine groups is 1. The molecule has 0 bridgehead atoms. The maximum absolute atomic E-state index is 12.2. The van der Waals surface area contributed by atoms with Crippen molar-refractivity contribution < 1.29 is 9.58 Å². The van der Waals surface area contributed by atoms with Crippen molar-refractivity contribution in [2.75, 3.05) is 14.2 Å². The minimum atomic E-state index is -0.646. The Hall–Kier alpha value is -1.30. The number of nitrogens with zero attached hydrogens (tertiary/aromatic N) is 3. The lowest BCUT2D eigenvalue weighted by molar-refractivity contribution is -0.555. The summed E-state index contributed by atoms with van der Waals surface area (Å²) in [6.07, 6.45) is 0. The molecule has 0 aromatic rings. The van der Waals surface area contributed by atoms with Gasteiger partial charge in [-0.15, -0.1) is 0 Å². The highest BCUT2D eigenvalue weighted by Gasteiger charge is 2.55. The average molecular weight is 228 g/mol. The van der Waals surface area contributed by atoms with Crippen molar-refractivity contribution in [2.24, 2.45) is 10.9 Å². The van der Waals surface area contributed by atoms with Crippen LogP contribution in [0.4, 0.5) is 0 Å². The Bertz CT molecular complexity index is 358. The molecule has 92 valence electrons. The summed E-state index contributed by atoms with van der Waals surface area (Å²) in [6.45, 7) is 7.55. The molecule has 2 N–H and O–H groups in total. The second-order valence-electron chi connectivity index (χ2n) is 4.91. The third-order valence-corrected chi connectivity index (χ3v) is 3.37. The van der Waals surface area contributed by atoms with Gasteiger partial charge in [-0.2, -0.15) is 4.74 Å². The van der Waals surface area contributed by atoms with Gasteiger partial charge in [-0.3, -0.25) is 0 Å². The van der Waals surface area contributed by atoms with Gasteiger partial charge in [-0.1, -0.05) is 5.16 Å². The van der Waals surface area contributed by atoms with E-state index in [1.54, 1.807) is 0 Å². The Morgan fingerprint density at radius 3 is 2.25 bits per heavy atom. The largest absolute Gasteiger partial charge is 0.622 e. The molecular formula is C10H20N4O2. The Morgan fingerprint density at radius 2 is 1.94 bits per heavy atom. The van der Waals surface area contributed by atoms with Crippen LogP contribution in [-0.2, 0) is 4.84 Å². The summed E-state index contributed by atoms with van der Waals surface area (Å²) >= 11 is 0. The molecule has 1 aliphatic heterocycles. The molecule has 0 radical (unpaired) electrons. The number of nitrogens with two attached hydrogens (primary N) is 1. The Morgan fingerprint density at radius 1 is 1.44 bits per heavy atom. The highest BCUT2D eigenvalue weighted by atomic mass is 16.6. The van der Waals surface area contributed by atoms with Crippen LogP contribution >= 0.6 is 0 Å². The zero-order chi connectivity index (χ0) is 12.7. The molecule has 16 heavy (non-hydrogen) atoms. The molecule has 0 saturated heterocycles. The van der Waals surface area contributed by atoms with E-state index in [9.17, 15) is 5.21 Å². The third kappa shape index (κ3) is 1.53. The zero-order valence-electron chi connectivity index (χ0n) is 10.7. The van der Waals surface area contributed by atoms with Gasteiger partial charge < -0.3 is 15.8 Å². The molecule has 0 aromatic carbocycles. The number of oxime groups is 1. The Balaban J connectivity index is 3.35. The molecule has 0 spiro atoms. The van der Waals surface area contributed by atoms with Crippen LogP contribution in [0.5, 0.6) is 0 Å². The average Bonchev–Trinajstić information content (AvgIpc) is 2.26. The normalized spacial score (nSPS) is 25.0. The highest BCUT2D eigenvalue weighted by molar-refractivity contribution is 6.42. The van der Waals surface area contributed by atoms with Crippen LogP contribution in [0.3, 0.4) is 0 Å². The van der Waals surface area contributed by atoms with E-state index in [-0.39, 0.29) is 5.84 Å². The minimum absolute atomic E-state index is 0.125. The van der Waals surface area contributed by atoms with Crippen LogP contribution in [0.1, 0.15) is 27.7 Å². The first-order valence-corrected chi connectivity index (χ1v) is 5.13. The van der Waals surface area contributed by atoms with Crippen molar-refractivity contribution in [3.05, 3.63) is 5.21 Å². The van der Waals surface area contributed by atoms with Crippen molar-refractivity contribution in [1.82, 2.24) is 4.90 Å². The van der Waals surface area contributed by atoms with Crippen LogP contribution in [0.15, 0.2) is 5.16 Å². The molecule has 1 aliphatic rings. The van der Waals surface area contributed by atoms with Crippen molar-refractivity contribution >= 4 is 11.5 Å². The van der Waals surface area contributed by atoms with E-state index in [1.807, 2.05) is 39.6 Å². The highest BCUT2D eigenvalue weighted by Crippen LogP contribution is 2.32. The molecule has 0 aromatic heterocycles. The van der Waals surface area contributed by atoms with Gasteiger partial charge >= 0.3 is 0 Å². The summed E-state index contributed by atoms with van der Waals surface area (Å²) < 4.78 is 0.894. The molecule has 1 heterocycles. The van der Waals surface area contributed by atoms with Crippen LogP contribution in [0, 0.1) is 5.21 Å². The third-order valence-electron chi connectivity index (χ3n) is 3.37. The van der Waals surface area contributed by atoms with Crippen LogP contribution in [0.2, 0.25) is 0 Å². The van der Waals surface area contributed by atoms with Crippen LogP contribution < -0.4 is 5.73 Å². The summed E-state index contributed by atoms with van der Waals surface area (Å²) in [5, 5.41) is 15.8. The van der Waals surface area contributed by atoms with E-state index in [2.05, 4.69) is 9.99 Å². The van der Waals surface area contributed by atoms with Gasteiger partial charge in [0, 0.05) is 13.8 Å². The summed E-state index contributed by atoms with van der Waals surface area (Å²) in [7, 11) is 3.29. The molecule has 0 unspecified atom stereocenters. The second-order valence-corrected chi connectivity index (χ2v) is 4.91. The number of hydrogen-bond acceptors (Lipinski definition) is 4. The van der Waals surface area contributed by atoms with Crippen molar-refractivity contribution in [3.63, 3.8) is 0 Å². The molecule has 0 saturated carbocycles. The van der Waals surface area contributed by atoms with Crippen molar-refractivity contribution in [3.8, 4) is 0 Å². The second kappa shape index (κ2) is 3.62. The van der Waals surface area contributed by atoms with Gasteiger partial charge in [0.2, 0.25) is 11.5 Å². The molecule has 6 nitrogen and oxygen atoms in total. The molecule has 0 atom stereocenters. The minimum Gasteiger partial charge on any atom is -0.622 e. The maximum atomic E-state index is 12.2. The van der Waals surface area contributed by atoms with Crippen molar-refractivity contribution in [1.29, 1.82) is 0 Å². The molecule has 6 heteroatoms. The lowest BCUT2D eigenvalue weighted by Gasteiger charge is -2.32. The molecule has 0 amide bonds. The van der Waals surface area contributed by atoms with Crippen LogP contribution in [0.25, 0.3) is 0 Å². The predicted molar refractivity (Wildman–Crippen MR) is 63.2 cm³/mol.